The Kier molecular flexibility index (Phi) is 4.94. The predicted octanol–water partition coefficient (Wildman–Crippen LogP) is 4.42. The number of nitrogens with zero attached hydrogens (tertiary/aromatic N) is 1. The molecule has 0 aromatic heterocycles. The minimum Gasteiger partial charge on any atom is -0.366 e. The minimum atomic E-state index is -0.586. The maximum atomic E-state index is 12.4. The molecule has 0 aliphatic carbocycles. The summed E-state index contributed by atoms with van der Waals surface area (Å²) in [6, 6.07) is 2.43. The summed E-state index contributed by atoms with van der Waals surface area (Å²) in [5.74, 6) is 0.243. The minimum absolute atomic E-state index is 0.00486. The van der Waals surface area contributed by atoms with E-state index in [1.165, 1.54) is 0 Å². The molecule has 0 N–H and O–H groups in total. The Morgan fingerprint density at radius 1 is 0.958 bits per heavy atom. The molecule has 2 aliphatic heterocycles. The van der Waals surface area contributed by atoms with Crippen LogP contribution < -0.4 is 0 Å². The molecule has 0 spiro atoms. The monoisotopic (exact) mass is 335 g/mol. The lowest BCUT2D eigenvalue weighted by Gasteiger charge is -2.58. The second kappa shape index (κ2) is 6.11. The first-order chi connectivity index (χ1) is 10.9. The van der Waals surface area contributed by atoms with Crippen LogP contribution >= 0.6 is 0 Å². The Hall–Kier alpha value is -0.920. The highest BCUT2D eigenvalue weighted by molar-refractivity contribution is 5.81. The fraction of sp³-hybridized carbons (Fsp3) is 0.900. The van der Waals surface area contributed by atoms with Crippen LogP contribution in [0.3, 0.4) is 0 Å². The topological polar surface area (TPSA) is 59.3 Å². The summed E-state index contributed by atoms with van der Waals surface area (Å²) >= 11 is 0. The van der Waals surface area contributed by atoms with E-state index in [0.717, 1.165) is 12.8 Å². The van der Waals surface area contributed by atoms with Crippen LogP contribution in [-0.4, -0.2) is 28.2 Å². The quantitative estimate of drug-likeness (QED) is 0.766. The number of hydrogen-bond donors (Lipinski definition) is 0. The Morgan fingerprint density at radius 3 is 1.96 bits per heavy atom. The molecule has 0 aromatic rings. The van der Waals surface area contributed by atoms with Crippen molar-refractivity contribution in [3.63, 3.8) is 0 Å². The number of rotatable bonds is 3. The van der Waals surface area contributed by atoms with Gasteiger partial charge >= 0.3 is 0 Å². The van der Waals surface area contributed by atoms with Crippen molar-refractivity contribution in [2.45, 2.75) is 103 Å². The van der Waals surface area contributed by atoms with Gasteiger partial charge in [-0.2, -0.15) is 5.26 Å². The van der Waals surface area contributed by atoms with Crippen molar-refractivity contribution < 1.29 is 14.3 Å². The normalized spacial score (nSPS) is 41.4. The molecule has 0 aromatic carbocycles. The highest BCUT2D eigenvalue weighted by Crippen LogP contribution is 2.52. The molecule has 0 radical (unpaired) electrons. The van der Waals surface area contributed by atoms with Gasteiger partial charge in [-0.05, 0) is 67.2 Å². The van der Waals surface area contributed by atoms with Gasteiger partial charge in [0.1, 0.15) is 5.78 Å². The van der Waals surface area contributed by atoms with E-state index in [2.05, 4.69) is 33.8 Å². The van der Waals surface area contributed by atoms with Gasteiger partial charge in [0.2, 0.25) is 0 Å². The van der Waals surface area contributed by atoms with Gasteiger partial charge in [-0.3, -0.25) is 4.79 Å². The first-order valence-electron chi connectivity index (χ1n) is 9.18. The third kappa shape index (κ3) is 3.68. The maximum absolute atomic E-state index is 12.4. The van der Waals surface area contributed by atoms with Crippen molar-refractivity contribution in [2.24, 2.45) is 11.8 Å². The van der Waals surface area contributed by atoms with E-state index in [-0.39, 0.29) is 23.0 Å². The summed E-state index contributed by atoms with van der Waals surface area (Å²) in [7, 11) is 0. The third-order valence-corrected chi connectivity index (χ3v) is 5.86. The molecule has 2 heterocycles. The molecule has 2 fully saturated rings. The molecule has 3 unspecified atom stereocenters. The van der Waals surface area contributed by atoms with Gasteiger partial charge in [-0.15, -0.1) is 0 Å². The summed E-state index contributed by atoms with van der Waals surface area (Å²) in [4.78, 5) is 12.4. The smallest absolute Gasteiger partial charge is 0.135 e. The second-order valence-electron chi connectivity index (χ2n) is 9.34. The zero-order chi connectivity index (χ0) is 18.4. The van der Waals surface area contributed by atoms with Crippen molar-refractivity contribution in [1.29, 1.82) is 5.26 Å². The van der Waals surface area contributed by atoms with E-state index in [0.29, 0.717) is 25.0 Å². The lowest BCUT2D eigenvalue weighted by atomic mass is 9.66. The van der Waals surface area contributed by atoms with Gasteiger partial charge in [-0.25, -0.2) is 0 Å². The highest BCUT2D eigenvalue weighted by Gasteiger charge is 2.58. The first-order valence-corrected chi connectivity index (χ1v) is 9.18. The Morgan fingerprint density at radius 2 is 1.46 bits per heavy atom. The highest BCUT2D eigenvalue weighted by atomic mass is 16.6. The number of carbonyl (C=O) groups is 1. The Labute approximate surface area is 146 Å². The standard InChI is InChI=1S/C20H33NO3/c1-8-16(22)15-11-18(4,5)24-20(7,12-15)19(6)10-14(13-21)9-17(2,3)23-19/h14-15H,8-12H2,1-7H3/t14?,15?,19?,20-/m0/s1. The van der Waals surface area contributed by atoms with E-state index >= 15 is 0 Å². The second-order valence-corrected chi connectivity index (χ2v) is 9.34. The predicted molar refractivity (Wildman–Crippen MR) is 93.5 cm³/mol. The van der Waals surface area contributed by atoms with Gasteiger partial charge < -0.3 is 9.47 Å². The van der Waals surface area contributed by atoms with E-state index in [1.54, 1.807) is 0 Å². The third-order valence-electron chi connectivity index (χ3n) is 5.86. The van der Waals surface area contributed by atoms with Crippen LogP contribution in [0.5, 0.6) is 0 Å². The van der Waals surface area contributed by atoms with Crippen molar-refractivity contribution in [3.05, 3.63) is 0 Å². The van der Waals surface area contributed by atoms with Gasteiger partial charge in [0.25, 0.3) is 0 Å². The zero-order valence-corrected chi connectivity index (χ0v) is 16.4. The molecule has 4 atom stereocenters. The average Bonchev–Trinajstić information content (AvgIpc) is 2.42. The molecule has 2 saturated heterocycles. The first kappa shape index (κ1) is 19.4. The number of ketones is 1. The molecule has 24 heavy (non-hydrogen) atoms. The maximum Gasteiger partial charge on any atom is 0.135 e. The molecule has 0 amide bonds. The van der Waals surface area contributed by atoms with Crippen LogP contribution in [0.4, 0.5) is 0 Å². The van der Waals surface area contributed by atoms with Crippen LogP contribution in [0, 0.1) is 23.2 Å². The van der Waals surface area contributed by atoms with E-state index < -0.39 is 11.2 Å². The lowest BCUT2D eigenvalue weighted by molar-refractivity contribution is -0.304. The summed E-state index contributed by atoms with van der Waals surface area (Å²) in [6.07, 6.45) is 3.34. The van der Waals surface area contributed by atoms with Crippen LogP contribution in [-0.2, 0) is 14.3 Å². The number of carbonyl (C=O) groups excluding carboxylic acids is 1. The number of hydrogen-bond acceptors (Lipinski definition) is 4. The average molecular weight is 335 g/mol. The van der Waals surface area contributed by atoms with E-state index in [9.17, 15) is 10.1 Å². The summed E-state index contributed by atoms with van der Waals surface area (Å²) < 4.78 is 13.0. The van der Waals surface area contributed by atoms with Crippen LogP contribution in [0.2, 0.25) is 0 Å². The van der Waals surface area contributed by atoms with Gasteiger partial charge in [0.15, 0.2) is 0 Å². The number of ether oxygens (including phenoxy) is 2. The van der Waals surface area contributed by atoms with E-state index in [4.69, 9.17) is 9.47 Å². The largest absolute Gasteiger partial charge is 0.366 e. The molecule has 2 rings (SSSR count). The lowest BCUT2D eigenvalue weighted by Crippen LogP contribution is -2.65. The molecule has 2 aliphatic rings. The fourth-order valence-corrected chi connectivity index (χ4v) is 4.91. The zero-order valence-electron chi connectivity index (χ0n) is 16.4. The number of Topliss-reactive ketones (excluding diaryl/α,β-unsaturated/α-hetero) is 1. The molecule has 0 bridgehead atoms. The van der Waals surface area contributed by atoms with Crippen molar-refractivity contribution in [1.82, 2.24) is 0 Å². The van der Waals surface area contributed by atoms with Gasteiger partial charge in [0, 0.05) is 12.3 Å². The molecule has 4 nitrogen and oxygen atoms in total. The number of nitriles is 1. The molecular formula is C20H33NO3. The molecule has 4 heteroatoms. The van der Waals surface area contributed by atoms with Crippen LogP contribution in [0.1, 0.15) is 80.6 Å². The molecular weight excluding hydrogens is 302 g/mol. The van der Waals surface area contributed by atoms with Gasteiger partial charge in [0.05, 0.1) is 34.4 Å². The van der Waals surface area contributed by atoms with Gasteiger partial charge in [-0.1, -0.05) is 6.92 Å². The summed E-state index contributed by atoms with van der Waals surface area (Å²) in [6.45, 7) is 14.3. The summed E-state index contributed by atoms with van der Waals surface area (Å²) in [5.41, 5.74) is -1.92. The Balaban J connectivity index is 2.39. The SMILES string of the molecule is CCC(=O)C1CC(C)(C)O[C@](C)(C2(C)CC(C#N)CC(C)(C)O2)C1. The fourth-order valence-electron chi connectivity index (χ4n) is 4.91. The van der Waals surface area contributed by atoms with E-state index in [1.807, 2.05) is 20.8 Å². The van der Waals surface area contributed by atoms with Crippen molar-refractivity contribution in [3.8, 4) is 6.07 Å². The summed E-state index contributed by atoms with van der Waals surface area (Å²) in [5, 5.41) is 9.52. The Bertz CT molecular complexity index is 548. The molecule has 0 saturated carbocycles. The van der Waals surface area contributed by atoms with Crippen molar-refractivity contribution >= 4 is 5.78 Å². The molecule has 136 valence electrons. The van der Waals surface area contributed by atoms with Crippen LogP contribution in [0.25, 0.3) is 0 Å². The van der Waals surface area contributed by atoms with Crippen LogP contribution in [0.15, 0.2) is 0 Å². The van der Waals surface area contributed by atoms with Crippen molar-refractivity contribution in [2.75, 3.05) is 0 Å².